The van der Waals surface area contributed by atoms with Crippen LogP contribution in [0.25, 0.3) is 0 Å². The highest BCUT2D eigenvalue weighted by atomic mass is 15.2. The molecule has 0 radical (unpaired) electrons. The number of nitrogens with two attached hydrogens (primary N) is 1. The molecule has 78 valence electrons. The standard InChI is InChI=1S/C11H24N2/c1-9(2)13-6-4-5-11(8-13)10(3)7-12/h9-11H,4-8,12H2,1-3H3. The van der Waals surface area contributed by atoms with Crippen LogP contribution in [0.3, 0.4) is 0 Å². The first kappa shape index (κ1) is 11.0. The van der Waals surface area contributed by atoms with Gasteiger partial charge in [-0.25, -0.2) is 0 Å². The van der Waals surface area contributed by atoms with Crippen molar-refractivity contribution in [1.82, 2.24) is 4.90 Å². The number of likely N-dealkylation sites (tertiary alicyclic amines) is 1. The number of hydrogen-bond acceptors (Lipinski definition) is 2. The summed E-state index contributed by atoms with van der Waals surface area (Å²) in [6.45, 7) is 10.2. The smallest absolute Gasteiger partial charge is 0.00387 e. The van der Waals surface area contributed by atoms with Gasteiger partial charge in [0.15, 0.2) is 0 Å². The summed E-state index contributed by atoms with van der Waals surface area (Å²) < 4.78 is 0. The monoisotopic (exact) mass is 184 g/mol. The average Bonchev–Trinajstić information content (AvgIpc) is 2.17. The van der Waals surface area contributed by atoms with Crippen LogP contribution in [0.1, 0.15) is 33.6 Å². The first-order valence-corrected chi connectivity index (χ1v) is 5.59. The van der Waals surface area contributed by atoms with E-state index in [0.29, 0.717) is 12.0 Å². The van der Waals surface area contributed by atoms with Gasteiger partial charge in [0.25, 0.3) is 0 Å². The number of rotatable bonds is 3. The van der Waals surface area contributed by atoms with E-state index in [1.54, 1.807) is 0 Å². The Balaban J connectivity index is 2.41. The summed E-state index contributed by atoms with van der Waals surface area (Å²) in [6, 6.07) is 0.702. The molecule has 1 aliphatic heterocycles. The van der Waals surface area contributed by atoms with Gasteiger partial charge in [-0.05, 0) is 51.6 Å². The lowest BCUT2D eigenvalue weighted by Crippen LogP contribution is -2.42. The lowest BCUT2D eigenvalue weighted by molar-refractivity contribution is 0.114. The maximum Gasteiger partial charge on any atom is 0.00387 e. The fourth-order valence-corrected chi connectivity index (χ4v) is 2.17. The van der Waals surface area contributed by atoms with Crippen molar-refractivity contribution in [2.45, 2.75) is 39.7 Å². The minimum absolute atomic E-state index is 0.696. The molecule has 1 saturated heterocycles. The maximum atomic E-state index is 5.71. The molecule has 0 saturated carbocycles. The van der Waals surface area contributed by atoms with Gasteiger partial charge in [0.05, 0.1) is 0 Å². The molecule has 1 rings (SSSR count). The summed E-state index contributed by atoms with van der Waals surface area (Å²) >= 11 is 0. The van der Waals surface area contributed by atoms with Crippen LogP contribution in [0.2, 0.25) is 0 Å². The minimum Gasteiger partial charge on any atom is -0.330 e. The zero-order valence-electron chi connectivity index (χ0n) is 9.29. The third-order valence-electron chi connectivity index (χ3n) is 3.40. The van der Waals surface area contributed by atoms with E-state index in [0.717, 1.165) is 12.5 Å². The van der Waals surface area contributed by atoms with E-state index in [4.69, 9.17) is 5.73 Å². The lowest BCUT2D eigenvalue weighted by Gasteiger charge is -2.37. The predicted octanol–water partition coefficient (Wildman–Crippen LogP) is 1.70. The van der Waals surface area contributed by atoms with E-state index in [9.17, 15) is 0 Å². The fraction of sp³-hybridized carbons (Fsp3) is 1.00. The molecule has 0 bridgehead atoms. The summed E-state index contributed by atoms with van der Waals surface area (Å²) in [6.07, 6.45) is 2.73. The van der Waals surface area contributed by atoms with Crippen LogP contribution in [0, 0.1) is 11.8 Å². The molecular weight excluding hydrogens is 160 g/mol. The van der Waals surface area contributed by atoms with Crippen LogP contribution < -0.4 is 5.73 Å². The minimum atomic E-state index is 0.696. The summed E-state index contributed by atoms with van der Waals surface area (Å²) in [5.74, 6) is 1.53. The van der Waals surface area contributed by atoms with E-state index in [1.165, 1.54) is 25.9 Å². The molecule has 2 N–H and O–H groups in total. The second-order valence-corrected chi connectivity index (χ2v) is 4.70. The molecule has 13 heavy (non-hydrogen) atoms. The Morgan fingerprint density at radius 3 is 2.62 bits per heavy atom. The van der Waals surface area contributed by atoms with E-state index in [-0.39, 0.29) is 0 Å². The first-order chi connectivity index (χ1) is 6.15. The Hall–Kier alpha value is -0.0800. The van der Waals surface area contributed by atoms with Gasteiger partial charge in [-0.15, -0.1) is 0 Å². The van der Waals surface area contributed by atoms with Gasteiger partial charge in [0.1, 0.15) is 0 Å². The van der Waals surface area contributed by atoms with Gasteiger partial charge < -0.3 is 10.6 Å². The Labute approximate surface area is 82.5 Å². The van der Waals surface area contributed by atoms with Crippen molar-refractivity contribution in [3.05, 3.63) is 0 Å². The highest BCUT2D eigenvalue weighted by Crippen LogP contribution is 2.24. The first-order valence-electron chi connectivity index (χ1n) is 5.59. The molecule has 0 spiro atoms. The predicted molar refractivity (Wildman–Crippen MR) is 57.7 cm³/mol. The average molecular weight is 184 g/mol. The van der Waals surface area contributed by atoms with Crippen LogP contribution >= 0.6 is 0 Å². The molecule has 1 aliphatic rings. The molecule has 0 aliphatic carbocycles. The number of hydrogen-bond donors (Lipinski definition) is 1. The van der Waals surface area contributed by atoms with E-state index < -0.39 is 0 Å². The molecule has 0 aromatic heterocycles. The van der Waals surface area contributed by atoms with Crippen molar-refractivity contribution in [1.29, 1.82) is 0 Å². The van der Waals surface area contributed by atoms with Gasteiger partial charge in [0.2, 0.25) is 0 Å². The Morgan fingerprint density at radius 1 is 1.38 bits per heavy atom. The summed E-state index contributed by atoms with van der Waals surface area (Å²) in [5, 5.41) is 0. The normalized spacial score (nSPS) is 27.9. The fourth-order valence-electron chi connectivity index (χ4n) is 2.17. The van der Waals surface area contributed by atoms with Crippen LogP contribution in [0.5, 0.6) is 0 Å². The van der Waals surface area contributed by atoms with E-state index >= 15 is 0 Å². The van der Waals surface area contributed by atoms with Crippen molar-refractivity contribution >= 4 is 0 Å². The molecule has 2 nitrogen and oxygen atoms in total. The molecular formula is C11H24N2. The molecule has 1 fully saturated rings. The van der Waals surface area contributed by atoms with Crippen molar-refractivity contribution < 1.29 is 0 Å². The van der Waals surface area contributed by atoms with Crippen molar-refractivity contribution in [2.75, 3.05) is 19.6 Å². The van der Waals surface area contributed by atoms with Crippen LogP contribution in [0.4, 0.5) is 0 Å². The van der Waals surface area contributed by atoms with Crippen molar-refractivity contribution in [3.8, 4) is 0 Å². The van der Waals surface area contributed by atoms with Gasteiger partial charge in [-0.2, -0.15) is 0 Å². The summed E-state index contributed by atoms with van der Waals surface area (Å²) in [4.78, 5) is 2.58. The SMILES string of the molecule is CC(CN)C1CCCN(C(C)C)C1. The summed E-state index contributed by atoms with van der Waals surface area (Å²) in [7, 11) is 0. The van der Waals surface area contributed by atoms with E-state index in [2.05, 4.69) is 25.7 Å². The highest BCUT2D eigenvalue weighted by molar-refractivity contribution is 4.78. The Kier molecular flexibility index (Phi) is 4.20. The molecule has 2 heteroatoms. The molecule has 0 aromatic carbocycles. The van der Waals surface area contributed by atoms with Crippen molar-refractivity contribution in [2.24, 2.45) is 17.6 Å². The van der Waals surface area contributed by atoms with Crippen LogP contribution in [-0.4, -0.2) is 30.6 Å². The van der Waals surface area contributed by atoms with Gasteiger partial charge in [-0.1, -0.05) is 6.92 Å². The molecule has 2 unspecified atom stereocenters. The van der Waals surface area contributed by atoms with Crippen molar-refractivity contribution in [3.63, 3.8) is 0 Å². The molecule has 0 aromatic rings. The third-order valence-corrected chi connectivity index (χ3v) is 3.40. The third kappa shape index (κ3) is 2.96. The quantitative estimate of drug-likeness (QED) is 0.723. The molecule has 1 heterocycles. The number of nitrogens with zero attached hydrogens (tertiary/aromatic N) is 1. The second kappa shape index (κ2) is 4.97. The lowest BCUT2D eigenvalue weighted by atomic mass is 9.86. The van der Waals surface area contributed by atoms with Crippen LogP contribution in [-0.2, 0) is 0 Å². The van der Waals surface area contributed by atoms with Gasteiger partial charge >= 0.3 is 0 Å². The highest BCUT2D eigenvalue weighted by Gasteiger charge is 2.24. The molecule has 2 atom stereocenters. The Bertz CT molecular complexity index is 145. The van der Waals surface area contributed by atoms with E-state index in [1.807, 2.05) is 0 Å². The maximum absolute atomic E-state index is 5.71. The van der Waals surface area contributed by atoms with Gasteiger partial charge in [-0.3, -0.25) is 0 Å². The topological polar surface area (TPSA) is 29.3 Å². The Morgan fingerprint density at radius 2 is 2.08 bits per heavy atom. The summed E-state index contributed by atoms with van der Waals surface area (Å²) in [5.41, 5.74) is 5.71. The van der Waals surface area contributed by atoms with Crippen LogP contribution in [0.15, 0.2) is 0 Å². The number of piperidine rings is 1. The zero-order chi connectivity index (χ0) is 9.84. The molecule has 0 amide bonds. The zero-order valence-corrected chi connectivity index (χ0v) is 9.29. The largest absolute Gasteiger partial charge is 0.330 e. The second-order valence-electron chi connectivity index (χ2n) is 4.70. The van der Waals surface area contributed by atoms with Gasteiger partial charge in [0, 0.05) is 12.6 Å².